The highest BCUT2D eigenvalue weighted by atomic mass is 16.5. The molecular weight excluding hydrogens is 300 g/mol. The van der Waals surface area contributed by atoms with E-state index in [4.69, 9.17) is 4.74 Å². The van der Waals surface area contributed by atoms with Crippen LogP contribution in [0.25, 0.3) is 10.9 Å². The number of ether oxygens (including phenoxy) is 1. The highest BCUT2D eigenvalue weighted by Crippen LogP contribution is 2.31. The third-order valence-electron chi connectivity index (χ3n) is 4.59. The van der Waals surface area contributed by atoms with E-state index < -0.39 is 0 Å². The van der Waals surface area contributed by atoms with Gasteiger partial charge in [0.2, 0.25) is 5.91 Å². The summed E-state index contributed by atoms with van der Waals surface area (Å²) in [6.07, 6.45) is 4.04. The summed E-state index contributed by atoms with van der Waals surface area (Å²) < 4.78 is 5.65. The number of fused-ring (bicyclic) bond motifs is 2. The van der Waals surface area contributed by atoms with Crippen LogP contribution in [0.3, 0.4) is 0 Å². The number of aryl methyl sites for hydroxylation is 1. The minimum absolute atomic E-state index is 0.0467. The van der Waals surface area contributed by atoms with Gasteiger partial charge in [0.05, 0.1) is 12.6 Å². The number of rotatable bonds is 4. The lowest BCUT2D eigenvalue weighted by atomic mass is 10.00. The molecule has 1 atom stereocenters. The second-order valence-electron chi connectivity index (χ2n) is 6.15. The van der Waals surface area contributed by atoms with Crippen LogP contribution >= 0.6 is 0 Å². The maximum atomic E-state index is 12.4. The first-order chi connectivity index (χ1) is 11.8. The Hall–Kier alpha value is -2.75. The Morgan fingerprint density at radius 2 is 2.00 bits per heavy atom. The molecule has 2 N–H and O–H groups in total. The first-order valence-electron chi connectivity index (χ1n) is 8.37. The highest BCUT2D eigenvalue weighted by molar-refractivity contribution is 5.84. The maximum absolute atomic E-state index is 12.4. The Kier molecular flexibility index (Phi) is 3.95. The number of carbonyl (C=O) groups excluding carboxylic acids is 1. The van der Waals surface area contributed by atoms with Crippen LogP contribution in [0, 0.1) is 0 Å². The van der Waals surface area contributed by atoms with E-state index in [1.54, 1.807) is 0 Å². The fraction of sp³-hybridized carbons (Fsp3) is 0.250. The van der Waals surface area contributed by atoms with E-state index in [0.717, 1.165) is 29.7 Å². The van der Waals surface area contributed by atoms with Crippen LogP contribution in [-0.4, -0.2) is 17.5 Å². The molecule has 4 rings (SSSR count). The molecule has 2 heterocycles. The number of H-pyrrole nitrogens is 1. The van der Waals surface area contributed by atoms with Crippen molar-refractivity contribution in [2.24, 2.45) is 0 Å². The summed E-state index contributed by atoms with van der Waals surface area (Å²) >= 11 is 0. The number of hydrogen-bond donors (Lipinski definition) is 2. The van der Waals surface area contributed by atoms with Crippen LogP contribution in [0.4, 0.5) is 0 Å². The van der Waals surface area contributed by atoms with Crippen molar-refractivity contribution in [1.29, 1.82) is 0 Å². The SMILES string of the molecule is O=C(CCc1c[nH]c2ccccc12)N[C@H]1CCOc2ccccc21. The Balaban J connectivity index is 1.41. The summed E-state index contributed by atoms with van der Waals surface area (Å²) in [5.74, 6) is 0.965. The molecular formula is C20H20N2O2. The normalized spacial score (nSPS) is 16.4. The molecule has 3 aromatic rings. The average molecular weight is 320 g/mol. The Morgan fingerprint density at radius 3 is 2.96 bits per heavy atom. The molecule has 1 aromatic heterocycles. The van der Waals surface area contributed by atoms with E-state index >= 15 is 0 Å². The molecule has 1 amide bonds. The number of para-hydroxylation sites is 2. The van der Waals surface area contributed by atoms with Crippen LogP contribution in [0.1, 0.15) is 30.0 Å². The predicted octanol–water partition coefficient (Wildman–Crippen LogP) is 3.74. The summed E-state index contributed by atoms with van der Waals surface area (Å²) in [6.45, 7) is 0.643. The minimum atomic E-state index is 0.0467. The third-order valence-corrected chi connectivity index (χ3v) is 4.59. The van der Waals surface area contributed by atoms with Gasteiger partial charge in [0.25, 0.3) is 0 Å². The quantitative estimate of drug-likeness (QED) is 0.769. The van der Waals surface area contributed by atoms with Crippen LogP contribution < -0.4 is 10.1 Å². The molecule has 0 fully saturated rings. The summed E-state index contributed by atoms with van der Waals surface area (Å²) in [6, 6.07) is 16.2. The number of aromatic amines is 1. The van der Waals surface area contributed by atoms with Crippen LogP contribution in [0.15, 0.2) is 54.7 Å². The summed E-state index contributed by atoms with van der Waals surface area (Å²) in [7, 11) is 0. The molecule has 1 aliphatic heterocycles. The van der Waals surface area contributed by atoms with Crippen molar-refractivity contribution < 1.29 is 9.53 Å². The molecule has 4 heteroatoms. The average Bonchev–Trinajstić information content (AvgIpc) is 3.04. The van der Waals surface area contributed by atoms with Gasteiger partial charge in [-0.05, 0) is 24.1 Å². The number of benzene rings is 2. The molecule has 0 saturated carbocycles. The van der Waals surface area contributed by atoms with Crippen LogP contribution in [0.5, 0.6) is 5.75 Å². The van der Waals surface area contributed by atoms with Gasteiger partial charge in [-0.1, -0.05) is 36.4 Å². The van der Waals surface area contributed by atoms with Gasteiger partial charge in [0.1, 0.15) is 5.75 Å². The Labute approximate surface area is 140 Å². The fourth-order valence-electron chi connectivity index (χ4n) is 3.35. The van der Waals surface area contributed by atoms with Crippen molar-refractivity contribution in [3.63, 3.8) is 0 Å². The monoisotopic (exact) mass is 320 g/mol. The fourth-order valence-corrected chi connectivity index (χ4v) is 3.35. The number of carbonyl (C=O) groups is 1. The van der Waals surface area contributed by atoms with Crippen molar-refractivity contribution in [1.82, 2.24) is 10.3 Å². The predicted molar refractivity (Wildman–Crippen MR) is 94.1 cm³/mol. The lowest BCUT2D eigenvalue weighted by molar-refractivity contribution is -0.122. The van der Waals surface area contributed by atoms with Gasteiger partial charge in [-0.25, -0.2) is 0 Å². The summed E-state index contributed by atoms with van der Waals surface area (Å²) in [5, 5.41) is 4.35. The zero-order valence-corrected chi connectivity index (χ0v) is 13.4. The number of nitrogens with one attached hydrogen (secondary N) is 2. The maximum Gasteiger partial charge on any atom is 0.220 e. The molecule has 24 heavy (non-hydrogen) atoms. The first-order valence-corrected chi connectivity index (χ1v) is 8.37. The van der Waals surface area contributed by atoms with Crippen molar-refractivity contribution in [3.05, 3.63) is 65.9 Å². The van der Waals surface area contributed by atoms with E-state index in [1.807, 2.05) is 42.6 Å². The smallest absolute Gasteiger partial charge is 0.220 e. The molecule has 4 nitrogen and oxygen atoms in total. The number of hydrogen-bond acceptors (Lipinski definition) is 2. The Bertz CT molecular complexity index is 869. The van der Waals surface area contributed by atoms with E-state index in [-0.39, 0.29) is 11.9 Å². The summed E-state index contributed by atoms with van der Waals surface area (Å²) in [5.41, 5.74) is 3.38. The molecule has 2 aromatic carbocycles. The van der Waals surface area contributed by atoms with E-state index in [1.165, 1.54) is 10.9 Å². The van der Waals surface area contributed by atoms with E-state index in [9.17, 15) is 4.79 Å². The largest absolute Gasteiger partial charge is 0.493 e. The first kappa shape index (κ1) is 14.8. The molecule has 0 aliphatic carbocycles. The zero-order chi connectivity index (χ0) is 16.4. The lowest BCUT2D eigenvalue weighted by Gasteiger charge is -2.26. The molecule has 0 bridgehead atoms. The number of aromatic nitrogens is 1. The van der Waals surface area contributed by atoms with Gasteiger partial charge >= 0.3 is 0 Å². The zero-order valence-electron chi connectivity index (χ0n) is 13.4. The van der Waals surface area contributed by atoms with Crippen molar-refractivity contribution in [3.8, 4) is 5.75 Å². The van der Waals surface area contributed by atoms with Gasteiger partial charge in [0.15, 0.2) is 0 Å². The summed E-state index contributed by atoms with van der Waals surface area (Å²) in [4.78, 5) is 15.6. The standard InChI is InChI=1S/C20H20N2O2/c23-20(10-9-14-13-21-17-7-3-1-5-15(14)17)22-18-11-12-24-19-8-4-2-6-16(18)19/h1-8,13,18,21H,9-12H2,(H,22,23)/t18-/m0/s1. The Morgan fingerprint density at radius 1 is 1.17 bits per heavy atom. The van der Waals surface area contributed by atoms with E-state index in [0.29, 0.717) is 13.0 Å². The van der Waals surface area contributed by atoms with Gasteiger partial charge in [-0.3, -0.25) is 4.79 Å². The molecule has 0 spiro atoms. The van der Waals surface area contributed by atoms with Crippen molar-refractivity contribution in [2.75, 3.05) is 6.61 Å². The van der Waals surface area contributed by atoms with Crippen molar-refractivity contribution in [2.45, 2.75) is 25.3 Å². The van der Waals surface area contributed by atoms with Crippen molar-refractivity contribution >= 4 is 16.8 Å². The van der Waals surface area contributed by atoms with Gasteiger partial charge in [-0.15, -0.1) is 0 Å². The topological polar surface area (TPSA) is 54.1 Å². The minimum Gasteiger partial charge on any atom is -0.493 e. The molecule has 122 valence electrons. The molecule has 0 radical (unpaired) electrons. The molecule has 1 aliphatic rings. The van der Waals surface area contributed by atoms with Crippen LogP contribution in [0.2, 0.25) is 0 Å². The van der Waals surface area contributed by atoms with Gasteiger partial charge < -0.3 is 15.0 Å². The second-order valence-corrected chi connectivity index (χ2v) is 6.15. The third kappa shape index (κ3) is 2.87. The number of amides is 1. The lowest BCUT2D eigenvalue weighted by Crippen LogP contribution is -2.32. The van der Waals surface area contributed by atoms with E-state index in [2.05, 4.69) is 22.4 Å². The molecule has 0 unspecified atom stereocenters. The molecule has 0 saturated heterocycles. The second kappa shape index (κ2) is 6.40. The van der Waals surface area contributed by atoms with Gasteiger partial charge in [0, 0.05) is 35.5 Å². The van der Waals surface area contributed by atoms with Gasteiger partial charge in [-0.2, -0.15) is 0 Å². The van der Waals surface area contributed by atoms with Crippen LogP contribution in [-0.2, 0) is 11.2 Å². The highest BCUT2D eigenvalue weighted by Gasteiger charge is 2.22.